The number of nitrogens with zero attached hydrogens (tertiary/aromatic N) is 9. The number of rotatable bonds is 16. The van der Waals surface area contributed by atoms with Crippen molar-refractivity contribution in [1.82, 2.24) is 15.0 Å². The molecule has 0 fully saturated rings. The number of carboxylic acids is 3. The Hall–Kier alpha value is -10.3. The predicted octanol–water partition coefficient (Wildman–Crippen LogP) is 11.0. The number of aromatic carboxylic acids is 3. The number of fused-ring (bicyclic) bond motifs is 1. The van der Waals surface area contributed by atoms with Crippen LogP contribution in [0.3, 0.4) is 0 Å². The van der Waals surface area contributed by atoms with Crippen molar-refractivity contribution in [2.24, 2.45) is 30.7 Å². The van der Waals surface area contributed by atoms with Gasteiger partial charge in [-0.25, -0.2) is 14.4 Å². The molecule has 0 aliphatic heterocycles. The summed E-state index contributed by atoms with van der Waals surface area (Å²) >= 11 is 0. The van der Waals surface area contributed by atoms with E-state index < -0.39 is 55.9 Å². The molecule has 0 bridgehead atoms. The monoisotopic (exact) mass is 976 g/mol. The van der Waals surface area contributed by atoms with Gasteiger partial charge in [-0.15, -0.1) is 10.2 Å². The molecular weight excluding hydrogens is 945 g/mol. The Morgan fingerprint density at radius 3 is 1.38 bits per heavy atom. The fraction of sp³-hybridized carbons (Fsp3) is 0. The quantitative estimate of drug-likeness (QED) is 0.0317. The number of anilines is 6. The van der Waals surface area contributed by atoms with Crippen LogP contribution in [-0.4, -0.2) is 76.5 Å². The van der Waals surface area contributed by atoms with Gasteiger partial charge in [0.05, 0.1) is 28.3 Å². The van der Waals surface area contributed by atoms with Crippen LogP contribution in [0.25, 0.3) is 10.8 Å². The summed E-state index contributed by atoms with van der Waals surface area (Å²) in [6.45, 7) is 0. The summed E-state index contributed by atoms with van der Waals surface area (Å²) < 4.78 is 35.4. The average molecular weight is 977 g/mol. The van der Waals surface area contributed by atoms with Crippen LogP contribution >= 0.6 is 0 Å². The highest BCUT2D eigenvalue weighted by molar-refractivity contribution is 7.86. The van der Waals surface area contributed by atoms with Gasteiger partial charge in [0.2, 0.25) is 17.8 Å². The van der Waals surface area contributed by atoms with Crippen LogP contribution in [0.5, 0.6) is 17.2 Å². The fourth-order valence-electron chi connectivity index (χ4n) is 6.47. The molecule has 0 unspecified atom stereocenters. The average Bonchev–Trinajstić information content (AvgIpc) is 3.33. The second-order valence-electron chi connectivity index (χ2n) is 14.7. The number of phenolic OH excluding ortho intramolecular Hbond substituents is 1. The van der Waals surface area contributed by atoms with Crippen molar-refractivity contribution < 1.29 is 58.0 Å². The number of carboxylic acid groups (broad SMARTS) is 3. The Bertz CT molecular complexity index is 3500. The van der Waals surface area contributed by atoms with Crippen molar-refractivity contribution in [1.29, 1.82) is 0 Å². The van der Waals surface area contributed by atoms with E-state index in [1.807, 2.05) is 0 Å². The molecule has 24 nitrogen and oxygen atoms in total. The molecule has 0 saturated carbocycles. The zero-order chi connectivity index (χ0) is 50.4. The second-order valence-corrected chi connectivity index (χ2v) is 16.1. The van der Waals surface area contributed by atoms with E-state index in [9.17, 15) is 58.0 Å². The molecule has 25 heteroatoms. The Morgan fingerprint density at radius 2 is 0.901 bits per heavy atom. The van der Waals surface area contributed by atoms with Crippen LogP contribution in [0.2, 0.25) is 0 Å². The summed E-state index contributed by atoms with van der Waals surface area (Å²) in [5.41, 5.74) is 0.644. The number of hydrogen-bond acceptors (Lipinski definition) is 20. The van der Waals surface area contributed by atoms with E-state index >= 15 is 0 Å². The normalized spacial score (nSPS) is 11.6. The van der Waals surface area contributed by atoms with E-state index in [4.69, 9.17) is 0 Å². The molecule has 8 rings (SSSR count). The topological polar surface area (TPSA) is 376 Å². The van der Waals surface area contributed by atoms with Crippen LogP contribution in [0, 0.1) is 0 Å². The van der Waals surface area contributed by atoms with Crippen molar-refractivity contribution in [2.75, 3.05) is 16.0 Å². The van der Waals surface area contributed by atoms with Gasteiger partial charge >= 0.3 is 17.9 Å². The highest BCUT2D eigenvalue weighted by Gasteiger charge is 2.23. The van der Waals surface area contributed by atoms with Gasteiger partial charge in [-0.2, -0.15) is 43.8 Å². The summed E-state index contributed by atoms with van der Waals surface area (Å²) in [6.07, 6.45) is 0. The minimum atomic E-state index is -5.05. The molecule has 1 heterocycles. The summed E-state index contributed by atoms with van der Waals surface area (Å²) in [5.74, 6) is -5.55. The summed E-state index contributed by atoms with van der Waals surface area (Å²) in [5, 5.41) is 92.4. The van der Waals surface area contributed by atoms with Gasteiger partial charge in [0, 0.05) is 22.4 Å². The largest absolute Gasteiger partial charge is 0.507 e. The van der Waals surface area contributed by atoms with Crippen molar-refractivity contribution in [3.8, 4) is 17.2 Å². The van der Waals surface area contributed by atoms with Gasteiger partial charge < -0.3 is 46.6 Å². The maximum atomic E-state index is 12.6. The van der Waals surface area contributed by atoms with Crippen LogP contribution < -0.4 is 16.0 Å². The first-order chi connectivity index (χ1) is 34.0. The first kappa shape index (κ1) is 47.2. The first-order valence-corrected chi connectivity index (χ1v) is 21.7. The molecule has 0 amide bonds. The number of aromatic hydroxyl groups is 3. The lowest BCUT2D eigenvalue weighted by atomic mass is 10.1. The van der Waals surface area contributed by atoms with E-state index in [1.54, 1.807) is 48.5 Å². The third-order valence-electron chi connectivity index (χ3n) is 9.84. The van der Waals surface area contributed by atoms with Gasteiger partial charge in [-0.05, 0) is 127 Å². The van der Waals surface area contributed by atoms with E-state index in [2.05, 4.69) is 61.6 Å². The number of benzene rings is 7. The molecule has 7 aromatic carbocycles. The molecule has 1 aromatic heterocycles. The minimum absolute atomic E-state index is 0.0105. The predicted molar refractivity (Wildman–Crippen MR) is 254 cm³/mol. The molecular formula is C46H32N12O12S. The first-order valence-electron chi connectivity index (χ1n) is 20.2. The molecule has 0 aliphatic carbocycles. The SMILES string of the molecule is O=C(O)c1cc(N=Nc2ccc(Nc3nc(Nc4ccc(N=Nc5ccc(O)c(C(=O)O)c5)cc4)nc(Nc4ccc5c(O)c(N=Nc6ccccc6C(=O)O)c(S(=O)(=O)O)cc5c4)n3)cc2)ccc1O. The molecule has 0 radical (unpaired) electrons. The third kappa shape index (κ3) is 11.3. The van der Waals surface area contributed by atoms with Crippen molar-refractivity contribution in [2.45, 2.75) is 4.90 Å². The van der Waals surface area contributed by atoms with E-state index in [-0.39, 0.29) is 68.1 Å². The molecule has 71 heavy (non-hydrogen) atoms. The zero-order valence-corrected chi connectivity index (χ0v) is 36.6. The number of nitrogens with one attached hydrogen (secondary N) is 3. The Balaban J connectivity index is 1.09. The highest BCUT2D eigenvalue weighted by atomic mass is 32.2. The summed E-state index contributed by atoms with van der Waals surface area (Å²) in [7, 11) is -5.05. The lowest BCUT2D eigenvalue weighted by Crippen LogP contribution is -2.07. The molecule has 0 spiro atoms. The number of carbonyl (C=O) groups is 3. The molecule has 10 N–H and O–H groups in total. The number of phenols is 3. The number of aromatic nitrogens is 3. The van der Waals surface area contributed by atoms with Crippen molar-refractivity contribution >= 4 is 108 Å². The molecule has 0 atom stereocenters. The minimum Gasteiger partial charge on any atom is -0.507 e. The van der Waals surface area contributed by atoms with Crippen LogP contribution in [-0.2, 0) is 10.1 Å². The highest BCUT2D eigenvalue weighted by Crippen LogP contribution is 2.42. The van der Waals surface area contributed by atoms with E-state index in [0.29, 0.717) is 22.7 Å². The van der Waals surface area contributed by atoms with Gasteiger partial charge in [-0.3, -0.25) is 4.55 Å². The summed E-state index contributed by atoms with van der Waals surface area (Å²) in [4.78, 5) is 47.2. The molecule has 354 valence electrons. The Labute approximate surface area is 398 Å². The second kappa shape index (κ2) is 19.9. The third-order valence-corrected chi connectivity index (χ3v) is 10.7. The standard InChI is InChI=1S/C46H32N12O12S/c59-36-17-14-29(21-33(36)42(64)65)55-53-26-9-5-24(6-10-26)47-44-50-45(48-25-7-11-27(12-8-25)54-56-30-15-18-37(60)34(22-30)43(66)67)52-46(51-44)49-28-13-16-31-23(19-28)20-38(71(68,69)70)39(40(31)61)58-57-35-4-2-1-3-32(35)41(62)63/h1-22,59-61H,(H,62,63)(H,64,65)(H,66,67)(H,68,69,70)(H3,47,48,49,50,51,52). The van der Waals surface area contributed by atoms with Gasteiger partial charge in [0.15, 0.2) is 5.75 Å². The van der Waals surface area contributed by atoms with Gasteiger partial charge in [-0.1, -0.05) is 12.1 Å². The number of hydrogen-bond donors (Lipinski definition) is 10. The van der Waals surface area contributed by atoms with Gasteiger partial charge in [0.25, 0.3) is 10.1 Å². The molecule has 8 aromatic rings. The van der Waals surface area contributed by atoms with Crippen molar-refractivity contribution in [3.05, 3.63) is 150 Å². The lowest BCUT2D eigenvalue weighted by Gasteiger charge is -2.13. The number of azo groups is 3. The van der Waals surface area contributed by atoms with E-state index in [1.165, 1.54) is 78.9 Å². The van der Waals surface area contributed by atoms with Gasteiger partial charge in [0.1, 0.15) is 38.9 Å². The maximum Gasteiger partial charge on any atom is 0.339 e. The fourth-order valence-corrected chi connectivity index (χ4v) is 7.13. The van der Waals surface area contributed by atoms with Crippen LogP contribution in [0.15, 0.2) is 169 Å². The lowest BCUT2D eigenvalue weighted by molar-refractivity contribution is 0.0682. The smallest absolute Gasteiger partial charge is 0.339 e. The van der Waals surface area contributed by atoms with E-state index in [0.717, 1.165) is 6.07 Å². The molecule has 0 aliphatic rings. The zero-order valence-electron chi connectivity index (χ0n) is 35.8. The van der Waals surface area contributed by atoms with Crippen molar-refractivity contribution in [3.63, 3.8) is 0 Å². The maximum absolute atomic E-state index is 12.6. The molecule has 0 saturated heterocycles. The van der Waals surface area contributed by atoms with Crippen LogP contribution in [0.4, 0.5) is 69.0 Å². The Kier molecular flexibility index (Phi) is 13.2. The Morgan fingerprint density at radius 1 is 0.465 bits per heavy atom. The summed E-state index contributed by atoms with van der Waals surface area (Å²) in [6, 6.07) is 31.4. The van der Waals surface area contributed by atoms with Crippen LogP contribution in [0.1, 0.15) is 31.1 Å².